The Morgan fingerprint density at radius 2 is 1.59 bits per heavy atom. The zero-order chi connectivity index (χ0) is 13.4. The first-order valence-corrected chi connectivity index (χ1v) is 5.57. The molecule has 4 heteroatoms. The number of halogens is 3. The molecule has 0 nitrogen and oxygen atoms in total. The molecule has 0 atom stereocenters. The summed E-state index contributed by atoms with van der Waals surface area (Å²) in [6.07, 6.45) is 0. The topological polar surface area (TPSA) is 0 Å². The zero-order valence-electron chi connectivity index (χ0n) is 10.0. The Kier molecular flexibility index (Phi) is 3.67. The summed E-state index contributed by atoms with van der Waals surface area (Å²) in [6, 6.07) is 3.95. The van der Waals surface area contributed by atoms with Crippen LogP contribution >= 0.6 is 12.6 Å². The Hall–Kier alpha value is -0.900. The molecular formula is C13H15F3S. The van der Waals surface area contributed by atoms with Gasteiger partial charge in [-0.05, 0) is 50.1 Å². The summed E-state index contributed by atoms with van der Waals surface area (Å²) in [5.41, 5.74) is -0.699. The van der Waals surface area contributed by atoms with Gasteiger partial charge in [-0.1, -0.05) is 12.2 Å². The van der Waals surface area contributed by atoms with Gasteiger partial charge in [0.2, 0.25) is 0 Å². The Bertz CT molecular complexity index is 407. The molecule has 1 aromatic carbocycles. The molecule has 0 aliphatic rings. The number of hydrogen-bond acceptors (Lipinski definition) is 1. The maximum atomic E-state index is 13.8. The summed E-state index contributed by atoms with van der Waals surface area (Å²) >= 11 is 3.22. The molecule has 0 saturated heterocycles. The molecule has 0 saturated carbocycles. The van der Waals surface area contributed by atoms with Crippen LogP contribution in [0.15, 0.2) is 24.8 Å². The fourth-order valence-electron chi connectivity index (χ4n) is 1.39. The van der Waals surface area contributed by atoms with E-state index >= 15 is 0 Å². The van der Waals surface area contributed by atoms with E-state index in [-0.39, 0.29) is 11.1 Å². The van der Waals surface area contributed by atoms with E-state index in [9.17, 15) is 13.2 Å². The number of allylic oxidation sites excluding steroid dienone is 1. The normalized spacial score (nSPS) is 12.6. The van der Waals surface area contributed by atoms with Crippen LogP contribution in [-0.4, -0.2) is 0 Å². The second-order valence-electron chi connectivity index (χ2n) is 4.59. The molecule has 1 rings (SSSR count). The van der Waals surface area contributed by atoms with Gasteiger partial charge in [0.15, 0.2) is 0 Å². The second kappa shape index (κ2) is 4.41. The van der Waals surface area contributed by atoms with Crippen molar-refractivity contribution in [2.24, 2.45) is 0 Å². The molecule has 0 aliphatic carbocycles. The molecule has 94 valence electrons. The van der Waals surface area contributed by atoms with Gasteiger partial charge in [0.1, 0.15) is 5.67 Å². The molecule has 0 unspecified atom stereocenters. The van der Waals surface area contributed by atoms with Crippen molar-refractivity contribution in [2.75, 3.05) is 0 Å². The van der Waals surface area contributed by atoms with E-state index < -0.39 is 10.9 Å². The monoisotopic (exact) mass is 260 g/mol. The van der Waals surface area contributed by atoms with Crippen molar-refractivity contribution in [2.45, 2.75) is 31.7 Å². The van der Waals surface area contributed by atoms with Crippen LogP contribution in [0.3, 0.4) is 0 Å². The lowest BCUT2D eigenvalue weighted by Crippen LogP contribution is -2.13. The van der Waals surface area contributed by atoms with Crippen LogP contribution in [0.25, 0.3) is 5.57 Å². The Balaban J connectivity index is 3.45. The minimum Gasteiger partial charge on any atom is -0.239 e. The van der Waals surface area contributed by atoms with E-state index in [1.165, 1.54) is 26.0 Å². The van der Waals surface area contributed by atoms with E-state index in [0.717, 1.165) is 6.07 Å². The number of rotatable bonds is 3. The molecule has 0 bridgehead atoms. The first kappa shape index (κ1) is 14.2. The summed E-state index contributed by atoms with van der Waals surface area (Å²) in [6.45, 7) is 8.01. The molecule has 0 heterocycles. The number of hydrogen-bond donors (Lipinski definition) is 1. The van der Waals surface area contributed by atoms with Crippen molar-refractivity contribution in [1.82, 2.24) is 0 Å². The largest absolute Gasteiger partial charge is 0.316 e. The van der Waals surface area contributed by atoms with Gasteiger partial charge in [0.05, 0.1) is 0 Å². The maximum Gasteiger partial charge on any atom is 0.316 e. The van der Waals surface area contributed by atoms with Gasteiger partial charge in [-0.2, -0.15) is 8.78 Å². The van der Waals surface area contributed by atoms with Crippen LogP contribution < -0.4 is 0 Å². The highest BCUT2D eigenvalue weighted by molar-refractivity contribution is 7.81. The lowest BCUT2D eigenvalue weighted by molar-refractivity contribution is 0.107. The van der Waals surface area contributed by atoms with E-state index in [4.69, 9.17) is 0 Å². The molecule has 0 spiro atoms. The molecule has 0 N–H and O–H groups in total. The molecule has 0 radical (unpaired) electrons. The van der Waals surface area contributed by atoms with Gasteiger partial charge in [0, 0.05) is 5.56 Å². The van der Waals surface area contributed by atoms with Crippen molar-refractivity contribution in [3.8, 4) is 0 Å². The number of alkyl halides is 3. The minimum absolute atomic E-state index is 0.196. The molecule has 0 aliphatic heterocycles. The quantitative estimate of drug-likeness (QED) is 0.734. The molecule has 0 aromatic heterocycles. The number of benzene rings is 1. The first-order valence-electron chi connectivity index (χ1n) is 5.13. The highest BCUT2D eigenvalue weighted by atomic mass is 32.1. The van der Waals surface area contributed by atoms with Crippen LogP contribution in [0.4, 0.5) is 13.2 Å². The Morgan fingerprint density at radius 3 is 1.94 bits per heavy atom. The van der Waals surface area contributed by atoms with Crippen molar-refractivity contribution in [3.63, 3.8) is 0 Å². The third kappa shape index (κ3) is 3.53. The van der Waals surface area contributed by atoms with Gasteiger partial charge >= 0.3 is 5.25 Å². The standard InChI is InChI=1S/C13H15F3S/c1-8(2)9-5-10(12(3,4)14)7-11(6-9)13(15,16)17/h5-7,17H,1H2,2-4H3. The zero-order valence-corrected chi connectivity index (χ0v) is 10.9. The van der Waals surface area contributed by atoms with Crippen LogP contribution in [0.5, 0.6) is 0 Å². The summed E-state index contributed by atoms with van der Waals surface area (Å²) < 4.78 is 40.2. The summed E-state index contributed by atoms with van der Waals surface area (Å²) in [5, 5.41) is -3.29. The highest BCUT2D eigenvalue weighted by Crippen LogP contribution is 2.37. The summed E-state index contributed by atoms with van der Waals surface area (Å²) in [7, 11) is 0. The predicted octanol–water partition coefficient (Wildman–Crippen LogP) is 4.90. The lowest BCUT2D eigenvalue weighted by Gasteiger charge is -2.19. The summed E-state index contributed by atoms with van der Waals surface area (Å²) in [5.74, 6) is 0. The van der Waals surface area contributed by atoms with E-state index in [1.54, 1.807) is 6.92 Å². The van der Waals surface area contributed by atoms with Crippen molar-refractivity contribution in [3.05, 3.63) is 41.5 Å². The molecule has 0 fully saturated rings. The van der Waals surface area contributed by atoms with Gasteiger partial charge < -0.3 is 0 Å². The van der Waals surface area contributed by atoms with Crippen molar-refractivity contribution < 1.29 is 13.2 Å². The van der Waals surface area contributed by atoms with Crippen molar-refractivity contribution in [1.29, 1.82) is 0 Å². The molecule has 17 heavy (non-hydrogen) atoms. The predicted molar refractivity (Wildman–Crippen MR) is 68.2 cm³/mol. The van der Waals surface area contributed by atoms with E-state index in [1.807, 2.05) is 0 Å². The van der Waals surface area contributed by atoms with Gasteiger partial charge in [-0.15, -0.1) is 12.6 Å². The molecule has 1 aromatic rings. The van der Waals surface area contributed by atoms with Gasteiger partial charge in [-0.25, -0.2) is 4.39 Å². The fraction of sp³-hybridized carbons (Fsp3) is 0.385. The van der Waals surface area contributed by atoms with Crippen LogP contribution in [0.1, 0.15) is 37.5 Å². The first-order chi connectivity index (χ1) is 7.51. The lowest BCUT2D eigenvalue weighted by atomic mass is 9.93. The Labute approximate surface area is 105 Å². The molecular weight excluding hydrogens is 245 g/mol. The second-order valence-corrected chi connectivity index (χ2v) is 5.15. The molecule has 0 amide bonds. The van der Waals surface area contributed by atoms with Gasteiger partial charge in [-0.3, -0.25) is 0 Å². The maximum absolute atomic E-state index is 13.8. The van der Waals surface area contributed by atoms with Crippen LogP contribution in [0.2, 0.25) is 0 Å². The van der Waals surface area contributed by atoms with E-state index in [2.05, 4.69) is 19.2 Å². The minimum atomic E-state index is -3.29. The fourth-order valence-corrected chi connectivity index (χ4v) is 1.52. The number of thiol groups is 1. The smallest absolute Gasteiger partial charge is 0.239 e. The van der Waals surface area contributed by atoms with Crippen molar-refractivity contribution >= 4 is 18.2 Å². The highest BCUT2D eigenvalue weighted by Gasteiger charge is 2.29. The third-order valence-corrected chi connectivity index (χ3v) is 2.72. The van der Waals surface area contributed by atoms with E-state index in [0.29, 0.717) is 11.1 Å². The Morgan fingerprint density at radius 1 is 1.12 bits per heavy atom. The van der Waals surface area contributed by atoms with Gasteiger partial charge in [0.25, 0.3) is 0 Å². The third-order valence-electron chi connectivity index (χ3n) is 2.46. The average molecular weight is 260 g/mol. The SMILES string of the molecule is C=C(C)c1cc(C(C)(C)F)cc(C(F)(F)S)c1. The van der Waals surface area contributed by atoms with Crippen LogP contribution in [-0.2, 0) is 10.9 Å². The summed E-state index contributed by atoms with van der Waals surface area (Å²) in [4.78, 5) is 0. The average Bonchev–Trinajstić information content (AvgIpc) is 2.14. The van der Waals surface area contributed by atoms with Crippen LogP contribution in [0, 0.1) is 0 Å².